The van der Waals surface area contributed by atoms with E-state index in [2.05, 4.69) is 16.8 Å². The minimum atomic E-state index is -0.0176. The monoisotopic (exact) mass is 282 g/mol. The first-order valence-electron chi connectivity index (χ1n) is 6.31. The molecule has 5 heteroatoms. The number of piperazine rings is 1. The van der Waals surface area contributed by atoms with Crippen molar-refractivity contribution in [2.75, 3.05) is 33.3 Å². The molecule has 0 radical (unpaired) electrons. The molecule has 1 aromatic rings. The van der Waals surface area contributed by atoms with E-state index in [9.17, 15) is 5.11 Å². The lowest BCUT2D eigenvalue weighted by Gasteiger charge is -2.33. The summed E-state index contributed by atoms with van der Waals surface area (Å²) in [5.41, 5.74) is 0.983. The minimum absolute atomic E-state index is 0.0176. The van der Waals surface area contributed by atoms with E-state index in [-0.39, 0.29) is 11.8 Å². The second-order valence-electron chi connectivity index (χ2n) is 4.52. The maximum atomic E-state index is 9.78. The van der Waals surface area contributed by atoms with Crippen molar-refractivity contribution < 1.29 is 9.84 Å². The van der Waals surface area contributed by atoms with Crippen LogP contribution in [0.1, 0.15) is 11.6 Å². The molecule has 1 atom stereocenters. The standard InChI is InChI=1S/C14H19ClN2O2/c1-3-12(17-6-4-16-5-7-17)10-8-11(15)14(18)13(9-10)19-2/h3,8-9,12,16,18H,1,4-7H2,2H3/t12-/m0/s1. The second kappa shape index (κ2) is 6.28. The smallest absolute Gasteiger partial charge is 0.176 e. The molecule has 2 N–H and O–H groups in total. The lowest BCUT2D eigenvalue weighted by atomic mass is 10.0. The molecule has 0 saturated carbocycles. The summed E-state index contributed by atoms with van der Waals surface area (Å²) in [5.74, 6) is 0.375. The summed E-state index contributed by atoms with van der Waals surface area (Å²) in [6, 6.07) is 3.66. The molecule has 0 unspecified atom stereocenters. The predicted octanol–water partition coefficient (Wildman–Crippen LogP) is 2.19. The van der Waals surface area contributed by atoms with Gasteiger partial charge in [0.05, 0.1) is 18.2 Å². The van der Waals surface area contributed by atoms with Crippen LogP contribution in [0.5, 0.6) is 11.5 Å². The number of methoxy groups -OCH3 is 1. The van der Waals surface area contributed by atoms with Crippen LogP contribution in [0.3, 0.4) is 0 Å². The van der Waals surface area contributed by atoms with Gasteiger partial charge in [-0.3, -0.25) is 4.90 Å². The third-order valence-corrected chi connectivity index (χ3v) is 3.67. The van der Waals surface area contributed by atoms with Gasteiger partial charge in [-0.25, -0.2) is 0 Å². The Morgan fingerprint density at radius 1 is 1.47 bits per heavy atom. The van der Waals surface area contributed by atoms with Crippen molar-refractivity contribution in [3.8, 4) is 11.5 Å². The SMILES string of the molecule is C=C[C@@H](c1cc(Cl)c(O)c(OC)c1)N1CCNCC1. The van der Waals surface area contributed by atoms with E-state index in [1.165, 1.54) is 7.11 Å². The summed E-state index contributed by atoms with van der Waals surface area (Å²) < 4.78 is 5.15. The van der Waals surface area contributed by atoms with Gasteiger partial charge in [-0.15, -0.1) is 6.58 Å². The predicted molar refractivity (Wildman–Crippen MR) is 77.0 cm³/mol. The molecule has 1 aromatic carbocycles. The van der Waals surface area contributed by atoms with E-state index in [1.54, 1.807) is 6.07 Å². The van der Waals surface area contributed by atoms with Crippen molar-refractivity contribution in [2.24, 2.45) is 0 Å². The molecule has 104 valence electrons. The lowest BCUT2D eigenvalue weighted by molar-refractivity contribution is 0.203. The summed E-state index contributed by atoms with van der Waals surface area (Å²) in [4.78, 5) is 2.33. The number of aromatic hydroxyl groups is 1. The third-order valence-electron chi connectivity index (χ3n) is 3.38. The number of nitrogens with zero attached hydrogens (tertiary/aromatic N) is 1. The molecule has 0 aliphatic carbocycles. The van der Waals surface area contributed by atoms with Gasteiger partial charge in [-0.05, 0) is 17.7 Å². The zero-order chi connectivity index (χ0) is 13.8. The van der Waals surface area contributed by atoms with Crippen LogP contribution >= 0.6 is 11.6 Å². The normalized spacial score (nSPS) is 18.0. The first kappa shape index (κ1) is 14.2. The summed E-state index contributed by atoms with van der Waals surface area (Å²) >= 11 is 6.04. The van der Waals surface area contributed by atoms with E-state index in [4.69, 9.17) is 16.3 Å². The largest absolute Gasteiger partial charge is 0.503 e. The van der Waals surface area contributed by atoms with Gasteiger partial charge in [-0.1, -0.05) is 17.7 Å². The maximum absolute atomic E-state index is 9.78. The van der Waals surface area contributed by atoms with E-state index in [1.807, 2.05) is 12.1 Å². The average molecular weight is 283 g/mol. The van der Waals surface area contributed by atoms with E-state index >= 15 is 0 Å². The highest BCUT2D eigenvalue weighted by atomic mass is 35.5. The van der Waals surface area contributed by atoms with E-state index in [0.29, 0.717) is 10.8 Å². The van der Waals surface area contributed by atoms with Crippen LogP contribution in [0.15, 0.2) is 24.8 Å². The van der Waals surface area contributed by atoms with Crippen molar-refractivity contribution in [3.05, 3.63) is 35.4 Å². The van der Waals surface area contributed by atoms with Crippen molar-refractivity contribution >= 4 is 11.6 Å². The number of halogens is 1. The van der Waals surface area contributed by atoms with Crippen molar-refractivity contribution in [1.82, 2.24) is 10.2 Å². The number of benzene rings is 1. The number of phenols is 1. The van der Waals surface area contributed by atoms with Crippen molar-refractivity contribution in [3.63, 3.8) is 0 Å². The molecule has 0 aromatic heterocycles. The number of nitrogens with one attached hydrogen (secondary N) is 1. The zero-order valence-corrected chi connectivity index (χ0v) is 11.8. The highest BCUT2D eigenvalue weighted by Crippen LogP contribution is 2.38. The Hall–Kier alpha value is -1.23. The van der Waals surface area contributed by atoms with Crippen LogP contribution in [-0.2, 0) is 0 Å². The highest BCUT2D eigenvalue weighted by molar-refractivity contribution is 6.32. The molecule has 4 nitrogen and oxygen atoms in total. The van der Waals surface area contributed by atoms with E-state index in [0.717, 1.165) is 31.7 Å². The maximum Gasteiger partial charge on any atom is 0.176 e. The third kappa shape index (κ3) is 3.03. The van der Waals surface area contributed by atoms with Crippen LogP contribution in [-0.4, -0.2) is 43.3 Å². The number of phenolic OH excluding ortho intramolecular Hbond substituents is 1. The van der Waals surface area contributed by atoms with Crippen LogP contribution < -0.4 is 10.1 Å². The molecule has 2 rings (SSSR count). The van der Waals surface area contributed by atoms with Crippen LogP contribution in [0.4, 0.5) is 0 Å². The second-order valence-corrected chi connectivity index (χ2v) is 4.93. The minimum Gasteiger partial charge on any atom is -0.503 e. The Morgan fingerprint density at radius 2 is 2.16 bits per heavy atom. The van der Waals surface area contributed by atoms with Gasteiger partial charge in [0.25, 0.3) is 0 Å². The van der Waals surface area contributed by atoms with Gasteiger partial charge < -0.3 is 15.2 Å². The Labute approximate surface area is 118 Å². The molecular formula is C14H19ClN2O2. The molecule has 1 saturated heterocycles. The molecule has 0 bridgehead atoms. The molecular weight excluding hydrogens is 264 g/mol. The molecule has 1 heterocycles. The fourth-order valence-electron chi connectivity index (χ4n) is 2.38. The number of hydrogen-bond donors (Lipinski definition) is 2. The molecule has 1 aliphatic heterocycles. The Balaban J connectivity index is 2.32. The topological polar surface area (TPSA) is 44.7 Å². The van der Waals surface area contributed by atoms with Gasteiger partial charge in [0.2, 0.25) is 0 Å². The summed E-state index contributed by atoms with van der Waals surface area (Å²) in [5, 5.41) is 13.4. The van der Waals surface area contributed by atoms with Crippen LogP contribution in [0, 0.1) is 0 Å². The van der Waals surface area contributed by atoms with Crippen LogP contribution in [0.2, 0.25) is 5.02 Å². The Morgan fingerprint density at radius 3 is 2.74 bits per heavy atom. The van der Waals surface area contributed by atoms with Gasteiger partial charge in [0.1, 0.15) is 0 Å². The lowest BCUT2D eigenvalue weighted by Crippen LogP contribution is -2.44. The highest BCUT2D eigenvalue weighted by Gasteiger charge is 2.21. The van der Waals surface area contributed by atoms with Crippen LogP contribution in [0.25, 0.3) is 0 Å². The fourth-order valence-corrected chi connectivity index (χ4v) is 2.60. The van der Waals surface area contributed by atoms with Gasteiger partial charge >= 0.3 is 0 Å². The van der Waals surface area contributed by atoms with Crippen molar-refractivity contribution in [2.45, 2.75) is 6.04 Å². The Bertz CT molecular complexity index is 459. The average Bonchev–Trinajstić information content (AvgIpc) is 2.44. The number of rotatable bonds is 4. The van der Waals surface area contributed by atoms with Gasteiger partial charge in [-0.2, -0.15) is 0 Å². The quantitative estimate of drug-likeness (QED) is 0.831. The Kier molecular flexibility index (Phi) is 4.69. The first-order chi connectivity index (χ1) is 9.17. The van der Waals surface area contributed by atoms with Gasteiger partial charge in [0, 0.05) is 26.2 Å². The van der Waals surface area contributed by atoms with E-state index < -0.39 is 0 Å². The van der Waals surface area contributed by atoms with Crippen molar-refractivity contribution in [1.29, 1.82) is 0 Å². The molecule has 0 amide bonds. The summed E-state index contributed by atoms with van der Waals surface area (Å²) in [6.07, 6.45) is 1.90. The van der Waals surface area contributed by atoms with Gasteiger partial charge in [0.15, 0.2) is 11.5 Å². The first-order valence-corrected chi connectivity index (χ1v) is 6.69. The molecule has 0 spiro atoms. The molecule has 19 heavy (non-hydrogen) atoms. The summed E-state index contributed by atoms with van der Waals surface area (Å²) in [6.45, 7) is 7.75. The summed E-state index contributed by atoms with van der Waals surface area (Å²) in [7, 11) is 1.52. The fraction of sp³-hybridized carbons (Fsp3) is 0.429. The number of ether oxygens (including phenoxy) is 1. The number of hydrogen-bond acceptors (Lipinski definition) is 4. The molecule has 1 fully saturated rings. The zero-order valence-electron chi connectivity index (χ0n) is 11.0. The molecule has 1 aliphatic rings.